The Bertz CT molecular complexity index is 335. The van der Waals surface area contributed by atoms with Crippen molar-refractivity contribution in [2.75, 3.05) is 6.61 Å². The monoisotopic (exact) mass is 271 g/mol. The molecule has 0 saturated carbocycles. The van der Waals surface area contributed by atoms with Crippen molar-refractivity contribution in [2.45, 2.75) is 45.0 Å². The molecule has 0 radical (unpaired) electrons. The SMILES string of the molecule is CC(C)(C)OCC(C)(NC(=O)C(F)(F)F)C(=O)O. The molecule has 5 nitrogen and oxygen atoms in total. The number of halogens is 3. The Labute approximate surface area is 102 Å². The van der Waals surface area contributed by atoms with Gasteiger partial charge in [-0.3, -0.25) is 4.79 Å². The van der Waals surface area contributed by atoms with Crippen molar-refractivity contribution in [3.63, 3.8) is 0 Å². The molecule has 0 saturated heterocycles. The van der Waals surface area contributed by atoms with E-state index in [1.807, 2.05) is 0 Å². The first-order valence-corrected chi connectivity index (χ1v) is 5.05. The van der Waals surface area contributed by atoms with Crippen molar-refractivity contribution in [3.05, 3.63) is 0 Å². The molecule has 0 fully saturated rings. The number of hydrogen-bond donors (Lipinski definition) is 2. The number of ether oxygens (including phenoxy) is 1. The van der Waals surface area contributed by atoms with Crippen LogP contribution in [-0.2, 0) is 14.3 Å². The van der Waals surface area contributed by atoms with Crippen molar-refractivity contribution in [1.29, 1.82) is 0 Å². The van der Waals surface area contributed by atoms with Crippen LogP contribution < -0.4 is 5.32 Å². The van der Waals surface area contributed by atoms with E-state index in [4.69, 9.17) is 9.84 Å². The van der Waals surface area contributed by atoms with Crippen LogP contribution in [0.2, 0.25) is 0 Å². The van der Waals surface area contributed by atoms with Gasteiger partial charge in [0, 0.05) is 0 Å². The van der Waals surface area contributed by atoms with Gasteiger partial charge in [-0.05, 0) is 27.7 Å². The maximum absolute atomic E-state index is 12.1. The molecule has 2 N–H and O–H groups in total. The van der Waals surface area contributed by atoms with Crippen molar-refractivity contribution < 1.29 is 32.6 Å². The molecule has 0 aromatic rings. The summed E-state index contributed by atoms with van der Waals surface area (Å²) >= 11 is 0. The molecule has 0 rings (SSSR count). The van der Waals surface area contributed by atoms with Gasteiger partial charge in [-0.1, -0.05) is 0 Å². The summed E-state index contributed by atoms with van der Waals surface area (Å²) < 4.78 is 41.3. The second kappa shape index (κ2) is 5.13. The molecule has 0 aliphatic rings. The molecule has 1 unspecified atom stereocenters. The average Bonchev–Trinajstić information content (AvgIpc) is 2.11. The zero-order valence-corrected chi connectivity index (χ0v) is 10.5. The first-order chi connectivity index (χ1) is 7.78. The molecule has 0 aromatic carbocycles. The van der Waals surface area contributed by atoms with Crippen LogP contribution >= 0.6 is 0 Å². The number of nitrogens with one attached hydrogen (secondary N) is 1. The Kier molecular flexibility index (Phi) is 4.76. The maximum Gasteiger partial charge on any atom is 0.471 e. The number of carboxylic acid groups (broad SMARTS) is 1. The van der Waals surface area contributed by atoms with E-state index >= 15 is 0 Å². The second-order valence-corrected chi connectivity index (χ2v) is 4.99. The highest BCUT2D eigenvalue weighted by molar-refractivity contribution is 5.89. The zero-order chi connectivity index (χ0) is 14.8. The van der Waals surface area contributed by atoms with Crippen LogP contribution in [0.5, 0.6) is 0 Å². The van der Waals surface area contributed by atoms with Gasteiger partial charge in [-0.2, -0.15) is 13.2 Å². The lowest BCUT2D eigenvalue weighted by molar-refractivity contribution is -0.179. The molecule has 0 aliphatic carbocycles. The van der Waals surface area contributed by atoms with Gasteiger partial charge >= 0.3 is 18.1 Å². The van der Waals surface area contributed by atoms with Crippen LogP contribution in [-0.4, -0.2) is 40.9 Å². The van der Waals surface area contributed by atoms with Gasteiger partial charge in [-0.15, -0.1) is 0 Å². The van der Waals surface area contributed by atoms with Gasteiger partial charge in [0.25, 0.3) is 0 Å². The zero-order valence-electron chi connectivity index (χ0n) is 10.5. The maximum atomic E-state index is 12.1. The summed E-state index contributed by atoms with van der Waals surface area (Å²) in [7, 11) is 0. The Morgan fingerprint density at radius 2 is 1.61 bits per heavy atom. The predicted molar refractivity (Wildman–Crippen MR) is 55.9 cm³/mol. The summed E-state index contributed by atoms with van der Waals surface area (Å²) in [6, 6.07) is 0. The molecule has 1 atom stereocenters. The number of aliphatic carboxylic acids is 1. The van der Waals surface area contributed by atoms with Crippen molar-refractivity contribution in [2.24, 2.45) is 0 Å². The van der Waals surface area contributed by atoms with Crippen LogP contribution in [0.15, 0.2) is 0 Å². The lowest BCUT2D eigenvalue weighted by Crippen LogP contribution is -2.59. The fourth-order valence-corrected chi connectivity index (χ4v) is 0.834. The van der Waals surface area contributed by atoms with Crippen LogP contribution in [0, 0.1) is 0 Å². The number of carboxylic acids is 1. The molecule has 18 heavy (non-hydrogen) atoms. The Morgan fingerprint density at radius 3 is 1.89 bits per heavy atom. The molecule has 0 aromatic heterocycles. The van der Waals surface area contributed by atoms with Gasteiger partial charge in [0.2, 0.25) is 0 Å². The third kappa shape index (κ3) is 5.35. The Hall–Kier alpha value is -1.31. The number of carbonyl (C=O) groups excluding carboxylic acids is 1. The molecule has 0 bridgehead atoms. The van der Waals surface area contributed by atoms with Crippen LogP contribution in [0.25, 0.3) is 0 Å². The first kappa shape index (κ1) is 16.7. The molecule has 0 heterocycles. The van der Waals surface area contributed by atoms with Gasteiger partial charge in [0.15, 0.2) is 5.54 Å². The minimum atomic E-state index is -5.14. The fraction of sp³-hybridized carbons (Fsp3) is 0.800. The lowest BCUT2D eigenvalue weighted by Gasteiger charge is -2.30. The van der Waals surface area contributed by atoms with E-state index in [0.29, 0.717) is 0 Å². The van der Waals surface area contributed by atoms with Crippen molar-refractivity contribution in [3.8, 4) is 0 Å². The van der Waals surface area contributed by atoms with Gasteiger partial charge in [0.05, 0.1) is 12.2 Å². The third-order valence-electron chi connectivity index (χ3n) is 1.91. The molecule has 106 valence electrons. The van der Waals surface area contributed by atoms with Gasteiger partial charge < -0.3 is 15.2 Å². The summed E-state index contributed by atoms with van der Waals surface area (Å²) in [6.45, 7) is 5.21. The molecule has 1 amide bonds. The number of carbonyl (C=O) groups is 2. The topological polar surface area (TPSA) is 75.6 Å². The molecule has 8 heteroatoms. The van der Waals surface area contributed by atoms with E-state index in [0.717, 1.165) is 6.92 Å². The molecule has 0 spiro atoms. The minimum Gasteiger partial charge on any atom is -0.479 e. The highest BCUT2D eigenvalue weighted by atomic mass is 19.4. The molecule has 0 aliphatic heterocycles. The molecular weight excluding hydrogens is 255 g/mol. The Balaban J connectivity index is 4.85. The highest BCUT2D eigenvalue weighted by Crippen LogP contribution is 2.18. The summed E-state index contributed by atoms with van der Waals surface area (Å²) in [4.78, 5) is 21.7. The highest BCUT2D eigenvalue weighted by Gasteiger charge is 2.46. The fourth-order valence-electron chi connectivity index (χ4n) is 0.834. The van der Waals surface area contributed by atoms with Crippen LogP contribution in [0.3, 0.4) is 0 Å². The quantitative estimate of drug-likeness (QED) is 0.808. The largest absolute Gasteiger partial charge is 0.479 e. The van der Waals surface area contributed by atoms with E-state index < -0.39 is 35.8 Å². The van der Waals surface area contributed by atoms with Gasteiger partial charge in [-0.25, -0.2) is 4.79 Å². The summed E-state index contributed by atoms with van der Waals surface area (Å²) in [5.41, 5.74) is -2.88. The van der Waals surface area contributed by atoms with E-state index in [-0.39, 0.29) is 0 Å². The van der Waals surface area contributed by atoms with Crippen LogP contribution in [0.4, 0.5) is 13.2 Å². The normalized spacial score (nSPS) is 15.9. The first-order valence-electron chi connectivity index (χ1n) is 5.05. The van der Waals surface area contributed by atoms with E-state index in [1.165, 1.54) is 5.32 Å². The van der Waals surface area contributed by atoms with Gasteiger partial charge in [0.1, 0.15) is 0 Å². The summed E-state index contributed by atoms with van der Waals surface area (Å²) in [5.74, 6) is -3.92. The van der Waals surface area contributed by atoms with Crippen molar-refractivity contribution in [1.82, 2.24) is 5.32 Å². The van der Waals surface area contributed by atoms with Crippen molar-refractivity contribution >= 4 is 11.9 Å². The smallest absolute Gasteiger partial charge is 0.471 e. The molecular formula is C10H16F3NO4. The van der Waals surface area contributed by atoms with E-state index in [9.17, 15) is 22.8 Å². The summed E-state index contributed by atoms with van der Waals surface area (Å²) in [5, 5.41) is 10.3. The summed E-state index contributed by atoms with van der Waals surface area (Å²) in [6.07, 6.45) is -5.14. The van der Waals surface area contributed by atoms with E-state index in [2.05, 4.69) is 0 Å². The minimum absolute atomic E-state index is 0.576. The van der Waals surface area contributed by atoms with Crippen LogP contribution in [0.1, 0.15) is 27.7 Å². The number of hydrogen-bond acceptors (Lipinski definition) is 3. The standard InChI is InChI=1S/C10H16F3NO4/c1-8(2,3)18-5-9(4,7(16)17)14-6(15)10(11,12)13/h5H2,1-4H3,(H,14,15)(H,16,17). The van der Waals surface area contributed by atoms with E-state index in [1.54, 1.807) is 20.8 Å². The lowest BCUT2D eigenvalue weighted by atomic mass is 10.0. The predicted octanol–water partition coefficient (Wildman–Crippen LogP) is 1.32. The second-order valence-electron chi connectivity index (χ2n) is 4.99. The average molecular weight is 271 g/mol. The number of amides is 1. The third-order valence-corrected chi connectivity index (χ3v) is 1.91. The number of alkyl halides is 3. The number of rotatable bonds is 4. The Morgan fingerprint density at radius 1 is 1.17 bits per heavy atom.